The third-order valence-corrected chi connectivity index (χ3v) is 7.48. The molecule has 0 bridgehead atoms. The second kappa shape index (κ2) is 10.6. The van der Waals surface area contributed by atoms with Crippen molar-refractivity contribution in [1.29, 1.82) is 0 Å². The van der Waals surface area contributed by atoms with E-state index in [1.807, 2.05) is 11.3 Å². The van der Waals surface area contributed by atoms with Crippen LogP contribution < -0.4 is 10.6 Å². The first-order valence-electron chi connectivity index (χ1n) is 10.9. The van der Waals surface area contributed by atoms with Crippen LogP contribution in [0.25, 0.3) is 0 Å². The Morgan fingerprint density at radius 2 is 2.21 bits per heavy atom. The number of thiophene rings is 1. The predicted molar refractivity (Wildman–Crippen MR) is 119 cm³/mol. The van der Waals surface area contributed by atoms with Crippen LogP contribution in [0.1, 0.15) is 56.4 Å². The molecule has 0 amide bonds. The first-order chi connectivity index (χ1) is 13.7. The molecule has 1 saturated carbocycles. The van der Waals surface area contributed by atoms with Gasteiger partial charge in [-0.25, -0.2) is 0 Å². The first-order valence-corrected chi connectivity index (χ1v) is 11.8. The lowest BCUT2D eigenvalue weighted by molar-refractivity contribution is 0.0778. The van der Waals surface area contributed by atoms with Crippen LogP contribution in [0.2, 0.25) is 0 Å². The molecule has 3 rings (SSSR count). The fraction of sp³-hybridized carbons (Fsp3) is 0.773. The lowest BCUT2D eigenvalue weighted by atomic mass is 9.67. The second-order valence-corrected chi connectivity index (χ2v) is 9.49. The highest BCUT2D eigenvalue weighted by atomic mass is 32.1. The Hall–Kier alpha value is -1.11. The van der Waals surface area contributed by atoms with E-state index in [-0.39, 0.29) is 0 Å². The van der Waals surface area contributed by atoms with Gasteiger partial charge in [0, 0.05) is 44.3 Å². The number of hydrogen-bond acceptors (Lipinski definition) is 4. The van der Waals surface area contributed by atoms with E-state index in [1.54, 1.807) is 7.11 Å². The molecule has 2 fully saturated rings. The van der Waals surface area contributed by atoms with Crippen molar-refractivity contribution >= 4 is 17.3 Å². The highest BCUT2D eigenvalue weighted by Crippen LogP contribution is 2.44. The number of rotatable bonds is 9. The van der Waals surface area contributed by atoms with E-state index in [2.05, 4.69) is 47.0 Å². The topological polar surface area (TPSA) is 48.9 Å². The van der Waals surface area contributed by atoms with Gasteiger partial charge in [0.05, 0.1) is 0 Å². The van der Waals surface area contributed by atoms with Crippen molar-refractivity contribution in [2.45, 2.75) is 51.5 Å². The molecule has 158 valence electrons. The molecule has 1 saturated heterocycles. The molecule has 1 aromatic rings. The van der Waals surface area contributed by atoms with E-state index in [4.69, 9.17) is 9.73 Å². The van der Waals surface area contributed by atoms with Crippen LogP contribution in [-0.4, -0.2) is 57.8 Å². The Labute approximate surface area is 174 Å². The number of guanidine groups is 1. The average Bonchev–Trinajstić information content (AvgIpc) is 3.19. The molecular formula is C22H38N4OS. The van der Waals surface area contributed by atoms with Gasteiger partial charge in [0.1, 0.15) is 0 Å². The zero-order valence-corrected chi connectivity index (χ0v) is 18.7. The summed E-state index contributed by atoms with van der Waals surface area (Å²) in [5.41, 5.74) is 0.364. The van der Waals surface area contributed by atoms with Gasteiger partial charge in [0.2, 0.25) is 0 Å². The summed E-state index contributed by atoms with van der Waals surface area (Å²) in [6.45, 7) is 6.96. The van der Waals surface area contributed by atoms with Gasteiger partial charge >= 0.3 is 0 Å². The van der Waals surface area contributed by atoms with Gasteiger partial charge in [-0.05, 0) is 75.4 Å². The van der Waals surface area contributed by atoms with Crippen molar-refractivity contribution in [3.63, 3.8) is 0 Å². The van der Waals surface area contributed by atoms with Crippen LogP contribution in [0.4, 0.5) is 0 Å². The standard InChI is InChI=1S/C22H38N4OS/c1-4-23-21(25-17-22(10-7-11-22)12-14-27-3)24-16-18-8-5-13-26(2)20(18)19-9-6-15-28-19/h6,9,15,18,20H,4-5,7-8,10-14,16-17H2,1-3H3,(H2,23,24,25). The molecule has 2 aliphatic rings. The average molecular weight is 407 g/mol. The SMILES string of the molecule is CCNC(=NCC1(CCOC)CCC1)NCC1CCCN(C)C1c1cccs1. The summed E-state index contributed by atoms with van der Waals surface area (Å²) in [4.78, 5) is 9.00. The number of nitrogens with zero attached hydrogens (tertiary/aromatic N) is 2. The zero-order valence-electron chi connectivity index (χ0n) is 17.9. The number of methoxy groups -OCH3 is 1. The zero-order chi connectivity index (χ0) is 19.8. The highest BCUT2D eigenvalue weighted by molar-refractivity contribution is 7.10. The molecule has 2 heterocycles. The van der Waals surface area contributed by atoms with Crippen molar-refractivity contribution in [3.8, 4) is 0 Å². The highest BCUT2D eigenvalue weighted by Gasteiger charge is 2.36. The minimum absolute atomic E-state index is 0.364. The maximum Gasteiger partial charge on any atom is 0.191 e. The second-order valence-electron chi connectivity index (χ2n) is 8.52. The van der Waals surface area contributed by atoms with Crippen molar-refractivity contribution in [2.75, 3.05) is 46.9 Å². The fourth-order valence-corrected chi connectivity index (χ4v) is 5.66. The maximum absolute atomic E-state index is 5.33. The molecule has 1 aliphatic carbocycles. The van der Waals surface area contributed by atoms with Crippen molar-refractivity contribution in [1.82, 2.24) is 15.5 Å². The smallest absolute Gasteiger partial charge is 0.191 e. The van der Waals surface area contributed by atoms with Crippen molar-refractivity contribution < 1.29 is 4.74 Å². The van der Waals surface area contributed by atoms with Gasteiger partial charge in [0.15, 0.2) is 5.96 Å². The number of nitrogens with one attached hydrogen (secondary N) is 2. The van der Waals surface area contributed by atoms with Crippen molar-refractivity contribution in [2.24, 2.45) is 16.3 Å². The quantitative estimate of drug-likeness (QED) is 0.482. The Balaban J connectivity index is 1.60. The first kappa shape index (κ1) is 21.6. The van der Waals surface area contributed by atoms with Gasteiger partial charge < -0.3 is 15.4 Å². The Morgan fingerprint density at radius 3 is 2.86 bits per heavy atom. The summed E-state index contributed by atoms with van der Waals surface area (Å²) >= 11 is 1.89. The van der Waals surface area contributed by atoms with Crippen LogP contribution in [0, 0.1) is 11.3 Å². The summed E-state index contributed by atoms with van der Waals surface area (Å²) in [6, 6.07) is 4.99. The molecule has 2 N–H and O–H groups in total. The lowest BCUT2D eigenvalue weighted by Gasteiger charge is -2.41. The van der Waals surface area contributed by atoms with E-state index in [0.717, 1.165) is 38.6 Å². The van der Waals surface area contributed by atoms with Gasteiger partial charge in [-0.3, -0.25) is 9.89 Å². The molecule has 28 heavy (non-hydrogen) atoms. The summed E-state index contributed by atoms with van der Waals surface area (Å²) in [7, 11) is 4.07. The maximum atomic E-state index is 5.33. The molecule has 2 unspecified atom stereocenters. The molecule has 0 aromatic carbocycles. The number of likely N-dealkylation sites (tertiary alicyclic amines) is 1. The van der Waals surface area contributed by atoms with Crippen LogP contribution >= 0.6 is 11.3 Å². The number of ether oxygens (including phenoxy) is 1. The number of hydrogen-bond donors (Lipinski definition) is 2. The summed E-state index contributed by atoms with van der Waals surface area (Å²) in [5.74, 6) is 1.59. The molecule has 5 nitrogen and oxygen atoms in total. The Morgan fingerprint density at radius 1 is 1.36 bits per heavy atom. The van der Waals surface area contributed by atoms with Crippen molar-refractivity contribution in [3.05, 3.63) is 22.4 Å². The molecule has 6 heteroatoms. The molecule has 1 aromatic heterocycles. The monoisotopic (exact) mass is 406 g/mol. The van der Waals surface area contributed by atoms with E-state index in [0.29, 0.717) is 17.4 Å². The largest absolute Gasteiger partial charge is 0.385 e. The summed E-state index contributed by atoms with van der Waals surface area (Å²) < 4.78 is 5.33. The van der Waals surface area contributed by atoms with Crippen LogP contribution in [-0.2, 0) is 4.74 Å². The third-order valence-electron chi connectivity index (χ3n) is 6.54. The summed E-state index contributed by atoms with van der Waals surface area (Å²) in [5, 5.41) is 9.32. The lowest BCUT2D eigenvalue weighted by Crippen LogP contribution is -2.45. The van der Waals surface area contributed by atoms with Gasteiger partial charge in [-0.2, -0.15) is 0 Å². The van der Waals surface area contributed by atoms with Gasteiger partial charge in [-0.1, -0.05) is 12.5 Å². The number of aliphatic imine (C=N–C) groups is 1. The third kappa shape index (κ3) is 5.49. The Bertz CT molecular complexity index is 600. The molecular weight excluding hydrogens is 368 g/mol. The van der Waals surface area contributed by atoms with Gasteiger partial charge in [0.25, 0.3) is 0 Å². The predicted octanol–water partition coefficient (Wildman–Crippen LogP) is 3.89. The Kier molecular flexibility index (Phi) is 8.18. The van der Waals surface area contributed by atoms with E-state index >= 15 is 0 Å². The van der Waals surface area contributed by atoms with Gasteiger partial charge in [-0.15, -0.1) is 11.3 Å². The van der Waals surface area contributed by atoms with Crippen LogP contribution in [0.5, 0.6) is 0 Å². The minimum atomic E-state index is 0.364. The molecule has 0 spiro atoms. The molecule has 0 radical (unpaired) electrons. The van der Waals surface area contributed by atoms with Crippen LogP contribution in [0.15, 0.2) is 22.5 Å². The molecule has 2 atom stereocenters. The van der Waals surface area contributed by atoms with Crippen LogP contribution in [0.3, 0.4) is 0 Å². The normalized spacial score (nSPS) is 25.3. The fourth-order valence-electron chi connectivity index (χ4n) is 4.68. The summed E-state index contributed by atoms with van der Waals surface area (Å²) in [6.07, 6.45) is 7.58. The van der Waals surface area contributed by atoms with E-state index in [9.17, 15) is 0 Å². The minimum Gasteiger partial charge on any atom is -0.385 e. The molecule has 1 aliphatic heterocycles. The van der Waals surface area contributed by atoms with E-state index in [1.165, 1.54) is 43.5 Å². The number of piperidine rings is 1. The van der Waals surface area contributed by atoms with E-state index < -0.39 is 0 Å².